The van der Waals surface area contributed by atoms with E-state index in [1.54, 1.807) is 30.3 Å². The number of hydrogen-bond acceptors (Lipinski definition) is 6. The summed E-state index contributed by atoms with van der Waals surface area (Å²) in [4.78, 5) is 53.7. The molecule has 0 saturated carbocycles. The van der Waals surface area contributed by atoms with Crippen LogP contribution in [0.5, 0.6) is 5.75 Å². The number of carbonyl (C=O) groups is 4. The van der Waals surface area contributed by atoms with Gasteiger partial charge in [-0.05, 0) is 18.6 Å². The monoisotopic (exact) mass is 448 g/mol. The average molecular weight is 448 g/mol. The highest BCUT2D eigenvalue weighted by Crippen LogP contribution is 2.54. The first-order chi connectivity index (χ1) is 15.8. The lowest BCUT2D eigenvalue weighted by Gasteiger charge is -2.29. The van der Waals surface area contributed by atoms with Crippen molar-refractivity contribution in [3.05, 3.63) is 59.2 Å². The van der Waals surface area contributed by atoms with Gasteiger partial charge >= 0.3 is 0 Å². The van der Waals surface area contributed by atoms with Crippen LogP contribution in [0, 0.1) is 18.8 Å². The molecule has 2 saturated heterocycles. The second-order valence-electron chi connectivity index (χ2n) is 8.76. The first-order valence-electron chi connectivity index (χ1n) is 10.7. The minimum atomic E-state index is -1.45. The van der Waals surface area contributed by atoms with Gasteiger partial charge in [0.1, 0.15) is 11.3 Å². The molecule has 1 spiro atoms. The molecule has 9 heteroatoms. The number of anilines is 1. The molecule has 4 amide bonds. The number of para-hydroxylation sites is 2. The zero-order valence-electron chi connectivity index (χ0n) is 18.3. The SMILES string of the molecule is COc1ccccc1CN1C(=O)[C@@H]2[C@H](CC(N)=O)N[C@@]3(C(=O)Nc4c(C)cccc43)[C@@H]2C1=O. The number of primary amides is 1. The fourth-order valence-corrected chi connectivity index (χ4v) is 5.59. The number of fused-ring (bicyclic) bond motifs is 4. The highest BCUT2D eigenvalue weighted by atomic mass is 16.5. The maximum Gasteiger partial charge on any atom is 0.250 e. The Kier molecular flexibility index (Phi) is 4.75. The van der Waals surface area contributed by atoms with Gasteiger partial charge in [0.25, 0.3) is 0 Å². The van der Waals surface area contributed by atoms with Gasteiger partial charge in [-0.15, -0.1) is 0 Å². The highest BCUT2D eigenvalue weighted by Gasteiger charge is 2.70. The van der Waals surface area contributed by atoms with Gasteiger partial charge in [-0.25, -0.2) is 0 Å². The van der Waals surface area contributed by atoms with Crippen molar-refractivity contribution in [2.75, 3.05) is 12.4 Å². The van der Waals surface area contributed by atoms with Crippen molar-refractivity contribution in [2.24, 2.45) is 17.6 Å². The van der Waals surface area contributed by atoms with E-state index in [1.807, 2.05) is 19.1 Å². The second kappa shape index (κ2) is 7.41. The number of nitrogens with two attached hydrogens (primary N) is 1. The van der Waals surface area contributed by atoms with E-state index in [0.717, 1.165) is 5.56 Å². The van der Waals surface area contributed by atoms with Gasteiger partial charge in [0.15, 0.2) is 0 Å². The summed E-state index contributed by atoms with van der Waals surface area (Å²) in [6.07, 6.45) is -0.168. The van der Waals surface area contributed by atoms with Gasteiger partial charge in [0.2, 0.25) is 23.6 Å². The molecule has 5 rings (SSSR count). The van der Waals surface area contributed by atoms with Crippen LogP contribution in [0.2, 0.25) is 0 Å². The van der Waals surface area contributed by atoms with Crippen molar-refractivity contribution in [1.29, 1.82) is 0 Å². The van der Waals surface area contributed by atoms with Crippen LogP contribution in [-0.4, -0.2) is 41.7 Å². The highest BCUT2D eigenvalue weighted by molar-refractivity contribution is 6.15. The van der Waals surface area contributed by atoms with Gasteiger partial charge in [0.05, 0.1) is 25.5 Å². The molecule has 0 radical (unpaired) electrons. The zero-order valence-corrected chi connectivity index (χ0v) is 18.3. The van der Waals surface area contributed by atoms with E-state index in [0.29, 0.717) is 22.6 Å². The number of benzene rings is 2. The molecule has 3 aliphatic heterocycles. The fraction of sp³-hybridized carbons (Fsp3) is 0.333. The van der Waals surface area contributed by atoms with E-state index >= 15 is 0 Å². The van der Waals surface area contributed by atoms with E-state index in [-0.39, 0.29) is 13.0 Å². The van der Waals surface area contributed by atoms with E-state index in [2.05, 4.69) is 10.6 Å². The second-order valence-corrected chi connectivity index (χ2v) is 8.76. The summed E-state index contributed by atoms with van der Waals surface area (Å²) >= 11 is 0. The standard InChI is InChI=1S/C24H24N4O5/c1-12-6-5-8-14-20(12)26-23(32)24(14)19-18(15(27-24)10-17(25)29)21(30)28(22(19)31)11-13-7-3-4-9-16(13)33-2/h3-9,15,18-19,27H,10-11H2,1-2H3,(H2,25,29)(H,26,32)/t15-,18+,19-,24+/m0/s1. The van der Waals surface area contributed by atoms with Crippen LogP contribution >= 0.6 is 0 Å². The largest absolute Gasteiger partial charge is 0.496 e. The number of likely N-dealkylation sites (tertiary alicyclic amines) is 1. The molecular formula is C24H24N4O5. The predicted molar refractivity (Wildman–Crippen MR) is 118 cm³/mol. The van der Waals surface area contributed by atoms with E-state index < -0.39 is 47.0 Å². The van der Waals surface area contributed by atoms with Crippen LogP contribution in [-0.2, 0) is 31.3 Å². The first-order valence-corrected chi connectivity index (χ1v) is 10.7. The molecule has 2 fully saturated rings. The number of carbonyl (C=O) groups excluding carboxylic acids is 4. The average Bonchev–Trinajstić information content (AvgIpc) is 3.35. The third-order valence-corrected chi connectivity index (χ3v) is 6.99. The summed E-state index contributed by atoms with van der Waals surface area (Å²) in [5.74, 6) is -3.25. The first kappa shape index (κ1) is 21.1. The summed E-state index contributed by atoms with van der Waals surface area (Å²) in [5, 5.41) is 6.08. The Bertz CT molecular complexity index is 1210. The van der Waals surface area contributed by atoms with Crippen LogP contribution < -0.4 is 21.1 Å². The Hall–Kier alpha value is -3.72. The third kappa shape index (κ3) is 2.88. The Labute approximate surface area is 190 Å². The molecular weight excluding hydrogens is 424 g/mol. The van der Waals surface area contributed by atoms with Gasteiger partial charge in [0, 0.05) is 29.3 Å². The number of methoxy groups -OCH3 is 1. The normalized spacial score (nSPS) is 27.6. The van der Waals surface area contributed by atoms with Crippen LogP contribution in [0.1, 0.15) is 23.1 Å². The lowest BCUT2D eigenvalue weighted by Crippen LogP contribution is -2.53. The number of aryl methyl sites for hydroxylation is 1. The van der Waals surface area contributed by atoms with E-state index in [4.69, 9.17) is 10.5 Å². The number of nitrogens with zero attached hydrogens (tertiary/aromatic N) is 1. The fourth-order valence-electron chi connectivity index (χ4n) is 5.59. The van der Waals surface area contributed by atoms with Crippen molar-refractivity contribution < 1.29 is 23.9 Å². The quantitative estimate of drug-likeness (QED) is 0.580. The van der Waals surface area contributed by atoms with E-state index in [9.17, 15) is 19.2 Å². The third-order valence-electron chi connectivity index (χ3n) is 6.99. The number of ether oxygens (including phenoxy) is 1. The van der Waals surface area contributed by atoms with Gasteiger partial charge in [-0.2, -0.15) is 0 Å². The predicted octanol–water partition coefficient (Wildman–Crippen LogP) is 0.800. The molecule has 4 N–H and O–H groups in total. The Morgan fingerprint density at radius 2 is 1.88 bits per heavy atom. The number of rotatable bonds is 5. The molecule has 0 aromatic heterocycles. The van der Waals surface area contributed by atoms with Crippen molar-refractivity contribution >= 4 is 29.3 Å². The maximum atomic E-state index is 13.8. The molecule has 3 aliphatic rings. The molecule has 9 nitrogen and oxygen atoms in total. The minimum Gasteiger partial charge on any atom is -0.496 e. The molecule has 33 heavy (non-hydrogen) atoms. The lowest BCUT2D eigenvalue weighted by atomic mass is 9.76. The molecule has 0 unspecified atom stereocenters. The van der Waals surface area contributed by atoms with Gasteiger partial charge in [-0.3, -0.25) is 29.4 Å². The number of hydrogen-bond donors (Lipinski definition) is 3. The topological polar surface area (TPSA) is 131 Å². The molecule has 3 heterocycles. The molecule has 170 valence electrons. The number of amides is 4. The lowest BCUT2D eigenvalue weighted by molar-refractivity contribution is -0.143. The summed E-state index contributed by atoms with van der Waals surface area (Å²) in [6.45, 7) is 1.87. The maximum absolute atomic E-state index is 13.8. The van der Waals surface area contributed by atoms with Gasteiger partial charge < -0.3 is 15.8 Å². The molecule has 2 aromatic rings. The van der Waals surface area contributed by atoms with Crippen molar-refractivity contribution in [3.8, 4) is 5.75 Å². The van der Waals surface area contributed by atoms with E-state index in [1.165, 1.54) is 12.0 Å². The molecule has 0 aliphatic carbocycles. The van der Waals surface area contributed by atoms with Crippen molar-refractivity contribution in [1.82, 2.24) is 10.2 Å². The Morgan fingerprint density at radius 1 is 1.12 bits per heavy atom. The Morgan fingerprint density at radius 3 is 2.61 bits per heavy atom. The molecule has 0 bridgehead atoms. The summed E-state index contributed by atoms with van der Waals surface area (Å²) in [5.41, 5.74) is 6.76. The van der Waals surface area contributed by atoms with Crippen LogP contribution in [0.25, 0.3) is 0 Å². The molecule has 2 aromatic carbocycles. The summed E-state index contributed by atoms with van der Waals surface area (Å²) in [6, 6.07) is 11.8. The van der Waals surface area contributed by atoms with Crippen LogP contribution in [0.15, 0.2) is 42.5 Å². The van der Waals surface area contributed by atoms with Crippen LogP contribution in [0.3, 0.4) is 0 Å². The van der Waals surface area contributed by atoms with Crippen LogP contribution in [0.4, 0.5) is 5.69 Å². The smallest absolute Gasteiger partial charge is 0.250 e. The van der Waals surface area contributed by atoms with Crippen molar-refractivity contribution in [2.45, 2.75) is 31.5 Å². The number of nitrogens with one attached hydrogen (secondary N) is 2. The van der Waals surface area contributed by atoms with Crippen molar-refractivity contribution in [3.63, 3.8) is 0 Å². The molecule has 4 atom stereocenters. The van der Waals surface area contributed by atoms with Gasteiger partial charge in [-0.1, -0.05) is 36.4 Å². The summed E-state index contributed by atoms with van der Waals surface area (Å²) in [7, 11) is 1.52. The summed E-state index contributed by atoms with van der Waals surface area (Å²) < 4.78 is 5.38. The zero-order chi connectivity index (χ0) is 23.5. The number of imide groups is 1. The Balaban J connectivity index is 1.61. The minimum absolute atomic E-state index is 0.0103.